The zero-order valence-corrected chi connectivity index (χ0v) is 11.6. The van der Waals surface area contributed by atoms with Crippen molar-refractivity contribution in [2.24, 2.45) is 0 Å². The molecule has 1 rings (SSSR count). The third-order valence-electron chi connectivity index (χ3n) is 2.58. The van der Waals surface area contributed by atoms with E-state index in [2.05, 4.69) is 22.9 Å². The second-order valence-corrected chi connectivity index (χ2v) is 5.67. The molecule has 0 N–H and O–H groups in total. The van der Waals surface area contributed by atoms with E-state index in [1.807, 2.05) is 38.2 Å². The van der Waals surface area contributed by atoms with Gasteiger partial charge >= 0.3 is 0 Å². The van der Waals surface area contributed by atoms with Crippen molar-refractivity contribution in [2.45, 2.75) is 25.1 Å². The Labute approximate surface area is 106 Å². The predicted octanol–water partition coefficient (Wildman–Crippen LogP) is 3.24. The number of rotatable bonds is 4. The Balaban J connectivity index is 2.67. The summed E-state index contributed by atoms with van der Waals surface area (Å²) < 4.78 is 0. The summed E-state index contributed by atoms with van der Waals surface area (Å²) >= 11 is 3.48. The molecular weight excluding hydrogens is 266 g/mol. The van der Waals surface area contributed by atoms with Crippen LogP contribution in [0.2, 0.25) is 0 Å². The molecule has 1 unspecified atom stereocenters. The highest BCUT2D eigenvalue weighted by atomic mass is 79.9. The molecule has 1 aromatic carbocycles. The van der Waals surface area contributed by atoms with Gasteiger partial charge in [0.25, 0.3) is 5.91 Å². The zero-order chi connectivity index (χ0) is 12.1. The van der Waals surface area contributed by atoms with Crippen LogP contribution in [0.15, 0.2) is 24.3 Å². The van der Waals surface area contributed by atoms with Crippen molar-refractivity contribution in [3.8, 4) is 0 Å². The average molecular weight is 284 g/mol. The van der Waals surface area contributed by atoms with Gasteiger partial charge in [0.1, 0.15) is 0 Å². The van der Waals surface area contributed by atoms with Crippen LogP contribution in [0.1, 0.15) is 29.3 Å². The summed E-state index contributed by atoms with van der Waals surface area (Å²) in [6.45, 7) is 4.83. The maximum atomic E-state index is 12.1. The van der Waals surface area contributed by atoms with E-state index >= 15 is 0 Å². The summed E-state index contributed by atoms with van der Waals surface area (Å²) in [5.74, 6) is 0.103. The van der Waals surface area contributed by atoms with Gasteiger partial charge in [0, 0.05) is 24.0 Å². The van der Waals surface area contributed by atoms with Crippen LogP contribution >= 0.6 is 15.9 Å². The monoisotopic (exact) mass is 283 g/mol. The zero-order valence-electron chi connectivity index (χ0n) is 10.0. The van der Waals surface area contributed by atoms with Crippen molar-refractivity contribution in [3.05, 3.63) is 35.4 Å². The smallest absolute Gasteiger partial charge is 0.253 e. The van der Waals surface area contributed by atoms with E-state index in [0.717, 1.165) is 24.1 Å². The lowest BCUT2D eigenvalue weighted by Gasteiger charge is -2.18. The average Bonchev–Trinajstić information content (AvgIpc) is 2.25. The molecule has 1 amide bonds. The van der Waals surface area contributed by atoms with Gasteiger partial charge in [0.15, 0.2) is 0 Å². The first-order valence-corrected chi connectivity index (χ1v) is 6.39. The van der Waals surface area contributed by atoms with Crippen molar-refractivity contribution in [3.63, 3.8) is 0 Å². The van der Waals surface area contributed by atoms with E-state index in [9.17, 15) is 4.79 Å². The molecule has 0 heterocycles. The quantitative estimate of drug-likeness (QED) is 0.777. The first-order valence-electron chi connectivity index (χ1n) is 5.47. The summed E-state index contributed by atoms with van der Waals surface area (Å²) in [5, 5.41) is 0. The molecule has 88 valence electrons. The topological polar surface area (TPSA) is 20.3 Å². The highest BCUT2D eigenvalue weighted by Gasteiger charge is 2.13. The van der Waals surface area contributed by atoms with Crippen LogP contribution in [0.4, 0.5) is 0 Å². The first kappa shape index (κ1) is 13.2. The fraction of sp³-hybridized carbons (Fsp3) is 0.462. The summed E-state index contributed by atoms with van der Waals surface area (Å²) in [5.41, 5.74) is 1.83. The number of nitrogens with zero attached hydrogens (tertiary/aromatic N) is 1. The molecule has 16 heavy (non-hydrogen) atoms. The fourth-order valence-electron chi connectivity index (χ4n) is 1.49. The van der Waals surface area contributed by atoms with Crippen molar-refractivity contribution >= 4 is 21.8 Å². The predicted molar refractivity (Wildman–Crippen MR) is 71.1 cm³/mol. The molecule has 0 saturated heterocycles. The molecule has 0 radical (unpaired) electrons. The van der Waals surface area contributed by atoms with Crippen LogP contribution in [0.5, 0.6) is 0 Å². The summed E-state index contributed by atoms with van der Waals surface area (Å²) in [6, 6.07) is 7.70. The highest BCUT2D eigenvalue weighted by Crippen LogP contribution is 2.11. The summed E-state index contributed by atoms with van der Waals surface area (Å²) in [7, 11) is 1.85. The van der Waals surface area contributed by atoms with Crippen LogP contribution in [0.3, 0.4) is 0 Å². The molecule has 3 heteroatoms. The number of hydrogen-bond donors (Lipinski definition) is 0. The Morgan fingerprint density at radius 1 is 1.44 bits per heavy atom. The minimum absolute atomic E-state index is 0.103. The largest absolute Gasteiger partial charge is 0.342 e. The molecule has 2 nitrogen and oxygen atoms in total. The number of aryl methyl sites for hydroxylation is 1. The number of hydrogen-bond acceptors (Lipinski definition) is 1. The van der Waals surface area contributed by atoms with E-state index in [0.29, 0.717) is 4.83 Å². The molecule has 0 bridgehead atoms. The van der Waals surface area contributed by atoms with Crippen LogP contribution in [-0.2, 0) is 0 Å². The van der Waals surface area contributed by atoms with Gasteiger partial charge in [-0.1, -0.05) is 41.1 Å². The van der Waals surface area contributed by atoms with Crippen molar-refractivity contribution < 1.29 is 4.79 Å². The van der Waals surface area contributed by atoms with Crippen molar-refractivity contribution in [2.75, 3.05) is 13.6 Å². The van der Waals surface area contributed by atoms with E-state index in [-0.39, 0.29) is 5.91 Å². The number of carbonyl (C=O) groups is 1. The molecule has 0 fully saturated rings. The minimum Gasteiger partial charge on any atom is -0.342 e. The van der Waals surface area contributed by atoms with Crippen LogP contribution < -0.4 is 0 Å². The second kappa shape index (κ2) is 6.04. The van der Waals surface area contributed by atoms with Crippen LogP contribution in [0, 0.1) is 6.92 Å². The molecule has 0 aliphatic rings. The van der Waals surface area contributed by atoms with Gasteiger partial charge in [-0.25, -0.2) is 0 Å². The molecule has 0 saturated carbocycles. The molecule has 1 aromatic rings. The van der Waals surface area contributed by atoms with Crippen LogP contribution in [0.25, 0.3) is 0 Å². The molecule has 0 aliphatic carbocycles. The third-order valence-corrected chi connectivity index (χ3v) is 3.04. The van der Waals surface area contributed by atoms with Crippen LogP contribution in [-0.4, -0.2) is 29.2 Å². The summed E-state index contributed by atoms with van der Waals surface area (Å²) in [4.78, 5) is 14.3. The van der Waals surface area contributed by atoms with Gasteiger partial charge in [0.05, 0.1) is 0 Å². The Morgan fingerprint density at radius 3 is 2.62 bits per heavy atom. The third kappa shape index (κ3) is 3.63. The van der Waals surface area contributed by atoms with E-state index in [1.165, 1.54) is 0 Å². The summed E-state index contributed by atoms with van der Waals surface area (Å²) in [6.07, 6.45) is 0.966. The number of alkyl halides is 1. The Morgan fingerprint density at radius 2 is 2.06 bits per heavy atom. The molecule has 0 aliphatic heterocycles. The van der Waals surface area contributed by atoms with Gasteiger partial charge in [-0.05, 0) is 25.0 Å². The SMILES string of the molecule is Cc1ccccc1C(=O)N(C)CCC(C)Br. The lowest BCUT2D eigenvalue weighted by molar-refractivity contribution is 0.0793. The Hall–Kier alpha value is -0.830. The van der Waals surface area contributed by atoms with Crippen molar-refractivity contribution in [1.82, 2.24) is 4.90 Å². The second-order valence-electron chi connectivity index (χ2n) is 4.11. The van der Waals surface area contributed by atoms with E-state index in [1.54, 1.807) is 4.90 Å². The van der Waals surface area contributed by atoms with Gasteiger partial charge in [-0.15, -0.1) is 0 Å². The normalized spacial score (nSPS) is 12.2. The fourth-order valence-corrected chi connectivity index (χ4v) is 1.70. The van der Waals surface area contributed by atoms with Gasteiger partial charge in [-0.3, -0.25) is 4.79 Å². The molecule has 0 spiro atoms. The molecule has 1 atom stereocenters. The number of halogens is 1. The highest BCUT2D eigenvalue weighted by molar-refractivity contribution is 9.09. The number of carbonyl (C=O) groups excluding carboxylic acids is 1. The maximum Gasteiger partial charge on any atom is 0.253 e. The molecular formula is C13H18BrNO. The number of benzene rings is 1. The van der Waals surface area contributed by atoms with Gasteiger partial charge in [-0.2, -0.15) is 0 Å². The standard InChI is InChI=1S/C13H18BrNO/c1-10-6-4-5-7-12(10)13(16)15(3)9-8-11(2)14/h4-7,11H,8-9H2,1-3H3. The minimum atomic E-state index is 0.103. The van der Waals surface area contributed by atoms with E-state index in [4.69, 9.17) is 0 Å². The number of amides is 1. The van der Waals surface area contributed by atoms with Gasteiger partial charge in [0.2, 0.25) is 0 Å². The Kier molecular flexibility index (Phi) is 5.00. The van der Waals surface area contributed by atoms with Gasteiger partial charge < -0.3 is 4.90 Å². The maximum absolute atomic E-state index is 12.1. The molecule has 0 aromatic heterocycles. The van der Waals surface area contributed by atoms with E-state index < -0.39 is 0 Å². The first-order chi connectivity index (χ1) is 7.52. The van der Waals surface area contributed by atoms with Crippen molar-refractivity contribution in [1.29, 1.82) is 0 Å². The lowest BCUT2D eigenvalue weighted by Crippen LogP contribution is -2.29. The Bertz CT molecular complexity index is 363. The lowest BCUT2D eigenvalue weighted by atomic mass is 10.1.